The van der Waals surface area contributed by atoms with Crippen molar-refractivity contribution in [2.75, 3.05) is 19.8 Å². The van der Waals surface area contributed by atoms with E-state index in [2.05, 4.69) is 17.2 Å². The number of halogens is 1. The van der Waals surface area contributed by atoms with Crippen LogP contribution in [0.15, 0.2) is 18.2 Å². The Morgan fingerprint density at radius 3 is 3.10 bits per heavy atom. The van der Waals surface area contributed by atoms with E-state index in [0.29, 0.717) is 17.7 Å². The van der Waals surface area contributed by atoms with E-state index in [0.717, 1.165) is 19.4 Å². The van der Waals surface area contributed by atoms with Crippen LogP contribution in [0.25, 0.3) is 0 Å². The second kappa shape index (κ2) is 7.04. The van der Waals surface area contributed by atoms with Crippen molar-refractivity contribution in [2.24, 2.45) is 5.73 Å². The number of nitrogens with two attached hydrogens (primary N) is 1. The fraction of sp³-hybridized carbons (Fsp3) is 0.400. The predicted octanol–water partition coefficient (Wildman–Crippen LogP) is 1.04. The van der Waals surface area contributed by atoms with Crippen molar-refractivity contribution in [3.63, 3.8) is 0 Å². The summed E-state index contributed by atoms with van der Waals surface area (Å²) in [6, 6.07) is 3.93. The van der Waals surface area contributed by atoms with Crippen molar-refractivity contribution in [2.45, 2.75) is 18.9 Å². The Morgan fingerprint density at radius 1 is 1.55 bits per heavy atom. The Morgan fingerprint density at radius 2 is 2.40 bits per heavy atom. The highest BCUT2D eigenvalue weighted by Gasteiger charge is 2.18. The molecule has 4 nitrogen and oxygen atoms in total. The fourth-order valence-corrected chi connectivity index (χ4v) is 2.08. The standard InChI is InChI=1S/C15H17FN2O2/c16-12-5-6-14(11(9-12)3-1-7-17)15(19)18-13-4-2-8-20-10-13/h5-6,9,13H,2,4,7-8,10,17H2,(H,18,19). The van der Waals surface area contributed by atoms with E-state index >= 15 is 0 Å². The largest absolute Gasteiger partial charge is 0.379 e. The normalized spacial score (nSPS) is 18.0. The van der Waals surface area contributed by atoms with Crippen LogP contribution in [0, 0.1) is 17.7 Å². The minimum atomic E-state index is -0.427. The van der Waals surface area contributed by atoms with Gasteiger partial charge in [-0.1, -0.05) is 11.8 Å². The highest BCUT2D eigenvalue weighted by Crippen LogP contribution is 2.12. The average molecular weight is 276 g/mol. The molecule has 1 amide bonds. The molecular formula is C15H17FN2O2. The molecule has 2 rings (SSSR count). The first kappa shape index (κ1) is 14.5. The monoisotopic (exact) mass is 276 g/mol. The van der Waals surface area contributed by atoms with E-state index in [1.165, 1.54) is 18.2 Å². The molecule has 3 N–H and O–H groups in total. The molecule has 0 aromatic heterocycles. The average Bonchev–Trinajstić information content (AvgIpc) is 2.46. The zero-order valence-corrected chi connectivity index (χ0v) is 11.1. The molecule has 0 saturated carbocycles. The quantitative estimate of drug-likeness (QED) is 0.793. The van der Waals surface area contributed by atoms with E-state index in [-0.39, 0.29) is 18.5 Å². The Labute approximate surface area is 117 Å². The molecule has 0 spiro atoms. The number of hydrogen-bond donors (Lipinski definition) is 2. The SMILES string of the molecule is NCC#Cc1cc(F)ccc1C(=O)NC1CCCOC1. The van der Waals surface area contributed by atoms with E-state index < -0.39 is 5.82 Å². The smallest absolute Gasteiger partial charge is 0.252 e. The number of carbonyl (C=O) groups excluding carboxylic acids is 1. The lowest BCUT2D eigenvalue weighted by Crippen LogP contribution is -2.40. The summed E-state index contributed by atoms with van der Waals surface area (Å²) >= 11 is 0. The number of hydrogen-bond acceptors (Lipinski definition) is 3. The zero-order chi connectivity index (χ0) is 14.4. The molecule has 0 aliphatic carbocycles. The molecule has 0 bridgehead atoms. The summed E-state index contributed by atoms with van der Waals surface area (Å²) < 4.78 is 18.6. The van der Waals surface area contributed by atoms with E-state index in [1.807, 2.05) is 0 Å². The van der Waals surface area contributed by atoms with Gasteiger partial charge in [0, 0.05) is 12.2 Å². The molecule has 1 unspecified atom stereocenters. The molecule has 1 aliphatic rings. The first-order valence-corrected chi connectivity index (χ1v) is 6.58. The van der Waals surface area contributed by atoms with E-state index in [1.54, 1.807) is 0 Å². The van der Waals surface area contributed by atoms with Gasteiger partial charge in [0.05, 0.1) is 24.8 Å². The number of nitrogens with one attached hydrogen (secondary N) is 1. The summed E-state index contributed by atoms with van der Waals surface area (Å²) in [6.45, 7) is 1.40. The van der Waals surface area contributed by atoms with Crippen LogP contribution in [0.2, 0.25) is 0 Å². The van der Waals surface area contributed by atoms with Gasteiger partial charge in [0.15, 0.2) is 0 Å². The first-order chi connectivity index (χ1) is 9.70. The van der Waals surface area contributed by atoms with Gasteiger partial charge in [0.2, 0.25) is 0 Å². The van der Waals surface area contributed by atoms with Gasteiger partial charge in [-0.15, -0.1) is 0 Å². The number of carbonyl (C=O) groups is 1. The summed E-state index contributed by atoms with van der Waals surface area (Å²) in [5.74, 6) is 4.67. The fourth-order valence-electron chi connectivity index (χ4n) is 2.08. The lowest BCUT2D eigenvalue weighted by atomic mass is 10.1. The van der Waals surface area contributed by atoms with Gasteiger partial charge in [-0.2, -0.15) is 0 Å². The van der Waals surface area contributed by atoms with Crippen LogP contribution in [0.5, 0.6) is 0 Å². The molecule has 1 saturated heterocycles. The lowest BCUT2D eigenvalue weighted by Gasteiger charge is -2.23. The summed E-state index contributed by atoms with van der Waals surface area (Å²) in [7, 11) is 0. The maximum atomic E-state index is 13.2. The molecule has 106 valence electrons. The Balaban J connectivity index is 2.15. The minimum absolute atomic E-state index is 0.00313. The molecule has 20 heavy (non-hydrogen) atoms. The maximum absolute atomic E-state index is 13.2. The Hall–Kier alpha value is -1.90. The molecule has 1 heterocycles. The minimum Gasteiger partial charge on any atom is -0.379 e. The van der Waals surface area contributed by atoms with Crippen molar-refractivity contribution >= 4 is 5.91 Å². The summed E-state index contributed by atoms with van der Waals surface area (Å²) in [4.78, 5) is 12.2. The van der Waals surface area contributed by atoms with Crippen LogP contribution in [-0.4, -0.2) is 31.7 Å². The van der Waals surface area contributed by atoms with Crippen molar-refractivity contribution in [1.82, 2.24) is 5.32 Å². The zero-order valence-electron chi connectivity index (χ0n) is 11.1. The van der Waals surface area contributed by atoms with E-state index in [4.69, 9.17) is 10.5 Å². The Kier molecular flexibility index (Phi) is 5.10. The summed E-state index contributed by atoms with van der Waals surface area (Å²) in [5, 5.41) is 2.89. The third-order valence-electron chi connectivity index (χ3n) is 3.05. The molecule has 1 aromatic carbocycles. The highest BCUT2D eigenvalue weighted by molar-refractivity contribution is 5.96. The molecular weight excluding hydrogens is 259 g/mol. The summed E-state index contributed by atoms with van der Waals surface area (Å²) in [6.07, 6.45) is 1.81. The number of ether oxygens (including phenoxy) is 1. The van der Waals surface area contributed by atoms with Crippen molar-refractivity contribution in [1.29, 1.82) is 0 Å². The van der Waals surface area contributed by atoms with Gasteiger partial charge in [-0.25, -0.2) is 4.39 Å². The topological polar surface area (TPSA) is 64.4 Å². The van der Waals surface area contributed by atoms with Gasteiger partial charge >= 0.3 is 0 Å². The highest BCUT2D eigenvalue weighted by atomic mass is 19.1. The third kappa shape index (κ3) is 3.80. The van der Waals surface area contributed by atoms with Crippen LogP contribution in [0.4, 0.5) is 4.39 Å². The van der Waals surface area contributed by atoms with Crippen molar-refractivity contribution in [3.05, 3.63) is 35.1 Å². The van der Waals surface area contributed by atoms with Gasteiger partial charge in [-0.05, 0) is 31.0 Å². The van der Waals surface area contributed by atoms with Crippen molar-refractivity contribution < 1.29 is 13.9 Å². The molecule has 0 radical (unpaired) electrons. The molecule has 5 heteroatoms. The molecule has 1 atom stereocenters. The first-order valence-electron chi connectivity index (χ1n) is 6.58. The van der Waals surface area contributed by atoms with E-state index in [9.17, 15) is 9.18 Å². The summed E-state index contributed by atoms with van der Waals surface area (Å²) in [5.41, 5.74) is 6.02. The second-order valence-corrected chi connectivity index (χ2v) is 4.58. The van der Waals surface area contributed by atoms with Gasteiger partial charge in [-0.3, -0.25) is 4.79 Å². The van der Waals surface area contributed by atoms with Gasteiger partial charge in [0.25, 0.3) is 5.91 Å². The Bertz CT molecular complexity index is 543. The molecule has 1 fully saturated rings. The van der Waals surface area contributed by atoms with Gasteiger partial charge in [0.1, 0.15) is 5.82 Å². The van der Waals surface area contributed by atoms with Gasteiger partial charge < -0.3 is 15.8 Å². The lowest BCUT2D eigenvalue weighted by molar-refractivity contribution is 0.0624. The predicted molar refractivity (Wildman–Crippen MR) is 73.6 cm³/mol. The third-order valence-corrected chi connectivity index (χ3v) is 3.05. The van der Waals surface area contributed by atoms with Crippen LogP contribution in [0.1, 0.15) is 28.8 Å². The number of rotatable bonds is 2. The number of benzene rings is 1. The molecule has 1 aliphatic heterocycles. The number of amides is 1. The van der Waals surface area contributed by atoms with Crippen LogP contribution >= 0.6 is 0 Å². The van der Waals surface area contributed by atoms with Crippen LogP contribution in [-0.2, 0) is 4.74 Å². The van der Waals surface area contributed by atoms with Crippen LogP contribution in [0.3, 0.4) is 0 Å². The van der Waals surface area contributed by atoms with Crippen molar-refractivity contribution in [3.8, 4) is 11.8 Å². The maximum Gasteiger partial charge on any atom is 0.252 e. The molecule has 1 aromatic rings. The van der Waals surface area contributed by atoms with Crippen LogP contribution < -0.4 is 11.1 Å². The second-order valence-electron chi connectivity index (χ2n) is 4.58.